The lowest BCUT2D eigenvalue weighted by Crippen LogP contribution is -2.05. The highest BCUT2D eigenvalue weighted by Crippen LogP contribution is 2.16. The van der Waals surface area contributed by atoms with Crippen LogP contribution in [0.1, 0.15) is 11.3 Å². The van der Waals surface area contributed by atoms with Crippen LogP contribution in [0.5, 0.6) is 5.75 Å². The number of furan rings is 1. The summed E-state index contributed by atoms with van der Waals surface area (Å²) in [7, 11) is 0. The van der Waals surface area contributed by atoms with Crippen molar-refractivity contribution in [3.05, 3.63) is 54.0 Å². The van der Waals surface area contributed by atoms with Crippen molar-refractivity contribution in [2.45, 2.75) is 11.7 Å². The molecule has 0 N–H and O–H groups in total. The molecule has 2 aromatic heterocycles. The van der Waals surface area contributed by atoms with E-state index in [-0.39, 0.29) is 0 Å². The van der Waals surface area contributed by atoms with Gasteiger partial charge < -0.3 is 9.15 Å². The van der Waals surface area contributed by atoms with E-state index in [4.69, 9.17) is 14.4 Å². The monoisotopic (exact) mass is 327 g/mol. The molecule has 116 valence electrons. The van der Waals surface area contributed by atoms with Gasteiger partial charge in [-0.15, -0.1) is 5.10 Å². The van der Waals surface area contributed by atoms with E-state index in [0.717, 1.165) is 11.5 Å². The van der Waals surface area contributed by atoms with Gasteiger partial charge in [0.15, 0.2) is 0 Å². The van der Waals surface area contributed by atoms with Gasteiger partial charge >= 0.3 is 0 Å². The molecule has 7 nitrogen and oxygen atoms in total. The Morgan fingerprint density at radius 2 is 2.13 bits per heavy atom. The molecule has 0 radical (unpaired) electrons. The minimum absolute atomic E-state index is 0.499. The van der Waals surface area contributed by atoms with Crippen molar-refractivity contribution in [1.29, 1.82) is 5.26 Å². The van der Waals surface area contributed by atoms with Crippen LogP contribution in [0.3, 0.4) is 0 Å². The van der Waals surface area contributed by atoms with Gasteiger partial charge in [-0.2, -0.15) is 5.26 Å². The molecule has 0 amide bonds. The molecule has 0 saturated carbocycles. The van der Waals surface area contributed by atoms with Crippen LogP contribution < -0.4 is 4.74 Å². The predicted molar refractivity (Wildman–Crippen MR) is 83.0 cm³/mol. The van der Waals surface area contributed by atoms with Crippen molar-refractivity contribution < 1.29 is 9.15 Å². The third kappa shape index (κ3) is 4.11. The van der Waals surface area contributed by atoms with Crippen LogP contribution in [0.2, 0.25) is 0 Å². The number of tetrazole rings is 1. The van der Waals surface area contributed by atoms with Gasteiger partial charge in [0.25, 0.3) is 0 Å². The van der Waals surface area contributed by atoms with Crippen molar-refractivity contribution in [1.82, 2.24) is 20.2 Å². The highest BCUT2D eigenvalue weighted by atomic mass is 32.2. The molecule has 1 aromatic carbocycles. The normalized spacial score (nSPS) is 10.4. The van der Waals surface area contributed by atoms with E-state index in [2.05, 4.69) is 21.6 Å². The summed E-state index contributed by atoms with van der Waals surface area (Å²) >= 11 is 1.51. The minimum atomic E-state index is 0.499. The van der Waals surface area contributed by atoms with Crippen LogP contribution in [0.4, 0.5) is 0 Å². The number of nitriles is 1. The maximum atomic E-state index is 8.74. The molecule has 0 unspecified atom stereocenters. The Balaban J connectivity index is 1.47. The summed E-state index contributed by atoms with van der Waals surface area (Å²) in [5.41, 5.74) is 0.615. The Hall–Kier alpha value is -2.79. The first-order valence-electron chi connectivity index (χ1n) is 6.89. The Labute approximate surface area is 136 Å². The van der Waals surface area contributed by atoms with E-state index in [1.807, 2.05) is 12.1 Å². The Morgan fingerprint density at radius 3 is 2.87 bits per heavy atom. The number of hydrogen-bond acceptors (Lipinski definition) is 7. The average Bonchev–Trinajstić information content (AvgIpc) is 3.25. The fourth-order valence-electron chi connectivity index (χ4n) is 1.87. The third-order valence-corrected chi connectivity index (χ3v) is 3.87. The van der Waals surface area contributed by atoms with E-state index in [1.165, 1.54) is 11.8 Å². The second-order valence-corrected chi connectivity index (χ2v) is 5.59. The minimum Gasteiger partial charge on any atom is -0.493 e. The highest BCUT2D eigenvalue weighted by Gasteiger charge is 2.08. The summed E-state index contributed by atoms with van der Waals surface area (Å²) in [4.78, 5) is 0. The maximum absolute atomic E-state index is 8.74. The topological polar surface area (TPSA) is 89.8 Å². The number of thioether (sulfide) groups is 1. The first-order chi connectivity index (χ1) is 11.3. The summed E-state index contributed by atoms with van der Waals surface area (Å²) in [5, 5.41) is 21.1. The Morgan fingerprint density at radius 1 is 1.26 bits per heavy atom. The maximum Gasteiger partial charge on any atom is 0.209 e. The standard InChI is InChI=1S/C15H13N5O2S/c16-10-12-3-5-13(6-4-12)22-8-9-23-15-17-18-19-20(15)11-14-2-1-7-21-14/h1-7H,8-9,11H2. The van der Waals surface area contributed by atoms with Crippen LogP contribution in [-0.4, -0.2) is 32.6 Å². The molecule has 8 heteroatoms. The summed E-state index contributed by atoms with van der Waals surface area (Å²) in [6.45, 7) is 1.02. The molecule has 0 atom stereocenters. The SMILES string of the molecule is N#Cc1ccc(OCCSc2nnnn2Cc2ccco2)cc1. The van der Waals surface area contributed by atoms with Gasteiger partial charge in [-0.1, -0.05) is 11.8 Å². The molecule has 0 bridgehead atoms. The van der Waals surface area contributed by atoms with Gasteiger partial charge in [-0.25, -0.2) is 4.68 Å². The van der Waals surface area contributed by atoms with Crippen LogP contribution in [0.15, 0.2) is 52.2 Å². The molecule has 0 aliphatic carbocycles. The molecule has 0 fully saturated rings. The number of aromatic nitrogens is 4. The molecule has 3 aromatic rings. The van der Waals surface area contributed by atoms with E-state index in [9.17, 15) is 0 Å². The number of benzene rings is 1. The van der Waals surface area contributed by atoms with Gasteiger partial charge in [0.2, 0.25) is 5.16 Å². The van der Waals surface area contributed by atoms with E-state index in [1.54, 1.807) is 35.2 Å². The van der Waals surface area contributed by atoms with Gasteiger partial charge in [-0.3, -0.25) is 0 Å². The second-order valence-electron chi connectivity index (χ2n) is 4.53. The lowest BCUT2D eigenvalue weighted by atomic mass is 10.2. The number of rotatable bonds is 7. The largest absolute Gasteiger partial charge is 0.493 e. The molecule has 0 aliphatic rings. The first-order valence-corrected chi connectivity index (χ1v) is 7.88. The van der Waals surface area contributed by atoms with Crippen molar-refractivity contribution in [3.63, 3.8) is 0 Å². The first kappa shape index (κ1) is 15.1. The molecular weight excluding hydrogens is 314 g/mol. The van der Waals surface area contributed by atoms with Gasteiger partial charge in [0.1, 0.15) is 18.1 Å². The molecule has 2 heterocycles. The Bertz CT molecular complexity index is 777. The highest BCUT2D eigenvalue weighted by molar-refractivity contribution is 7.99. The smallest absolute Gasteiger partial charge is 0.209 e. The van der Waals surface area contributed by atoms with E-state index < -0.39 is 0 Å². The Kier molecular flexibility index (Phi) is 4.91. The zero-order valence-corrected chi connectivity index (χ0v) is 12.9. The molecule has 0 aliphatic heterocycles. The van der Waals surface area contributed by atoms with Gasteiger partial charge in [0, 0.05) is 5.75 Å². The quantitative estimate of drug-likeness (QED) is 0.486. The van der Waals surface area contributed by atoms with Crippen molar-refractivity contribution >= 4 is 11.8 Å². The lowest BCUT2D eigenvalue weighted by molar-refractivity contribution is 0.343. The summed E-state index contributed by atoms with van der Waals surface area (Å²) < 4.78 is 12.6. The van der Waals surface area contributed by atoms with Gasteiger partial charge in [0.05, 0.1) is 24.5 Å². The van der Waals surface area contributed by atoms with Crippen molar-refractivity contribution in [2.75, 3.05) is 12.4 Å². The van der Waals surface area contributed by atoms with Crippen LogP contribution in [-0.2, 0) is 6.54 Å². The molecule has 3 rings (SSSR count). The fourth-order valence-corrected chi connectivity index (χ4v) is 2.56. The number of hydrogen-bond donors (Lipinski definition) is 0. The molecule has 0 saturated heterocycles. The number of nitrogens with zero attached hydrogens (tertiary/aromatic N) is 5. The van der Waals surface area contributed by atoms with E-state index >= 15 is 0 Å². The number of ether oxygens (including phenoxy) is 1. The average molecular weight is 327 g/mol. The molecule has 0 spiro atoms. The third-order valence-electron chi connectivity index (χ3n) is 2.95. The predicted octanol–water partition coefficient (Wildman–Crippen LogP) is 2.36. The molecule has 23 heavy (non-hydrogen) atoms. The lowest BCUT2D eigenvalue weighted by Gasteiger charge is -2.06. The zero-order chi connectivity index (χ0) is 15.9. The zero-order valence-electron chi connectivity index (χ0n) is 12.1. The van der Waals surface area contributed by atoms with Crippen molar-refractivity contribution in [2.24, 2.45) is 0 Å². The summed E-state index contributed by atoms with van der Waals surface area (Å²) in [6.07, 6.45) is 1.62. The van der Waals surface area contributed by atoms with E-state index in [0.29, 0.717) is 29.6 Å². The van der Waals surface area contributed by atoms with Gasteiger partial charge in [-0.05, 0) is 46.8 Å². The van der Waals surface area contributed by atoms with Crippen LogP contribution in [0.25, 0.3) is 0 Å². The summed E-state index contributed by atoms with van der Waals surface area (Å²) in [6, 6.07) is 12.8. The second kappa shape index (κ2) is 7.47. The summed E-state index contributed by atoms with van der Waals surface area (Å²) in [5.74, 6) is 2.24. The van der Waals surface area contributed by atoms with Crippen molar-refractivity contribution in [3.8, 4) is 11.8 Å². The van der Waals surface area contributed by atoms with Crippen LogP contribution >= 0.6 is 11.8 Å². The van der Waals surface area contributed by atoms with Crippen LogP contribution in [0, 0.1) is 11.3 Å². The molecular formula is C15H13N5O2S. The fraction of sp³-hybridized carbons (Fsp3) is 0.200.